The molecule has 21 heavy (non-hydrogen) atoms. The number of aliphatic carboxylic acids is 1. The summed E-state index contributed by atoms with van der Waals surface area (Å²) in [5.74, 6) is -0.640. The predicted octanol–water partition coefficient (Wildman–Crippen LogP) is 1.70. The zero-order valence-corrected chi connectivity index (χ0v) is 12.9. The molecule has 0 spiro atoms. The number of rotatable bonds is 7. The fraction of sp³-hybridized carbons (Fsp3) is 0.867. The van der Waals surface area contributed by atoms with Crippen molar-refractivity contribution in [1.82, 2.24) is 10.2 Å². The number of carbonyl (C=O) groups excluding carboxylic acids is 1. The van der Waals surface area contributed by atoms with E-state index < -0.39 is 5.97 Å². The molecule has 2 amide bonds. The molecule has 2 fully saturated rings. The molecule has 2 bridgehead atoms. The number of hydrogen-bond donors (Lipinski definition) is 2. The van der Waals surface area contributed by atoms with Crippen LogP contribution in [0.25, 0.3) is 0 Å². The fourth-order valence-corrected chi connectivity index (χ4v) is 3.35. The van der Waals surface area contributed by atoms with Gasteiger partial charge in [-0.2, -0.15) is 0 Å². The fourth-order valence-electron chi connectivity index (χ4n) is 3.35. The standard InChI is InChI=1S/C15H26N2O4/c1-10(2)9-21-7-3-6-16-15(20)17-11-4-5-13(17)12(8-11)14(18)19/h10-13H,3-9H2,1-2H3,(H,16,20)(H,18,19). The van der Waals surface area contributed by atoms with Gasteiger partial charge in [0, 0.05) is 31.8 Å². The summed E-state index contributed by atoms with van der Waals surface area (Å²) in [7, 11) is 0. The van der Waals surface area contributed by atoms with Crippen LogP contribution in [0, 0.1) is 11.8 Å². The molecule has 6 nitrogen and oxygen atoms in total. The Hall–Kier alpha value is -1.30. The molecule has 120 valence electrons. The van der Waals surface area contributed by atoms with E-state index in [1.165, 1.54) is 0 Å². The molecule has 3 unspecified atom stereocenters. The third-order valence-corrected chi connectivity index (χ3v) is 4.28. The van der Waals surface area contributed by atoms with E-state index in [1.54, 1.807) is 4.90 Å². The van der Waals surface area contributed by atoms with Gasteiger partial charge in [0.1, 0.15) is 0 Å². The monoisotopic (exact) mass is 298 g/mol. The Morgan fingerprint density at radius 2 is 2.14 bits per heavy atom. The molecule has 2 aliphatic rings. The zero-order chi connectivity index (χ0) is 15.4. The lowest BCUT2D eigenvalue weighted by Crippen LogP contribution is -2.44. The molecule has 6 heteroatoms. The Morgan fingerprint density at radius 3 is 2.76 bits per heavy atom. The normalized spacial score (nSPS) is 27.4. The minimum Gasteiger partial charge on any atom is -0.481 e. The van der Waals surface area contributed by atoms with Gasteiger partial charge >= 0.3 is 12.0 Å². The van der Waals surface area contributed by atoms with Crippen LogP contribution < -0.4 is 5.32 Å². The van der Waals surface area contributed by atoms with E-state index in [-0.39, 0.29) is 24.0 Å². The van der Waals surface area contributed by atoms with Crippen LogP contribution in [-0.2, 0) is 9.53 Å². The van der Waals surface area contributed by atoms with Crippen molar-refractivity contribution in [2.24, 2.45) is 11.8 Å². The topological polar surface area (TPSA) is 78.9 Å². The van der Waals surface area contributed by atoms with E-state index in [2.05, 4.69) is 19.2 Å². The number of ether oxygens (including phenoxy) is 1. The first-order chi connectivity index (χ1) is 10.0. The molecule has 0 aliphatic carbocycles. The average molecular weight is 298 g/mol. The Morgan fingerprint density at radius 1 is 1.38 bits per heavy atom. The van der Waals surface area contributed by atoms with Crippen molar-refractivity contribution < 1.29 is 19.4 Å². The lowest BCUT2D eigenvalue weighted by atomic mass is 9.89. The van der Waals surface area contributed by atoms with Gasteiger partial charge in [0.2, 0.25) is 0 Å². The largest absolute Gasteiger partial charge is 0.481 e. The third-order valence-electron chi connectivity index (χ3n) is 4.28. The van der Waals surface area contributed by atoms with E-state index in [0.717, 1.165) is 25.9 Å². The van der Waals surface area contributed by atoms with Crippen molar-refractivity contribution in [3.05, 3.63) is 0 Å². The average Bonchev–Trinajstić information content (AvgIpc) is 2.99. The Bertz CT molecular complexity index is 386. The molecule has 0 radical (unpaired) electrons. The molecule has 0 aromatic carbocycles. The van der Waals surface area contributed by atoms with Gasteiger partial charge in [0.05, 0.1) is 5.92 Å². The maximum absolute atomic E-state index is 12.2. The molecule has 2 rings (SSSR count). The molecule has 2 heterocycles. The predicted molar refractivity (Wildman–Crippen MR) is 78.1 cm³/mol. The van der Waals surface area contributed by atoms with Crippen molar-refractivity contribution in [2.75, 3.05) is 19.8 Å². The second-order valence-electron chi connectivity index (χ2n) is 6.44. The number of carboxylic acid groups (broad SMARTS) is 1. The number of fused-ring (bicyclic) bond motifs is 2. The van der Waals surface area contributed by atoms with Crippen LogP contribution in [-0.4, -0.2) is 53.8 Å². The molecule has 0 aromatic rings. The summed E-state index contributed by atoms with van der Waals surface area (Å²) in [5, 5.41) is 12.1. The molecular formula is C15H26N2O4. The Labute approximate surface area is 125 Å². The smallest absolute Gasteiger partial charge is 0.317 e. The molecule has 3 atom stereocenters. The minimum absolute atomic E-state index is 0.105. The first-order valence-corrected chi connectivity index (χ1v) is 7.87. The first kappa shape index (κ1) is 16.1. The zero-order valence-electron chi connectivity index (χ0n) is 12.9. The van der Waals surface area contributed by atoms with E-state index in [0.29, 0.717) is 25.5 Å². The van der Waals surface area contributed by atoms with Crippen LogP contribution in [0.2, 0.25) is 0 Å². The summed E-state index contributed by atoms with van der Waals surface area (Å²) in [5.41, 5.74) is 0. The number of amides is 2. The summed E-state index contributed by atoms with van der Waals surface area (Å²) in [4.78, 5) is 25.1. The SMILES string of the molecule is CC(C)COCCCNC(=O)N1C2CCC1C(C(=O)O)C2. The van der Waals surface area contributed by atoms with Crippen molar-refractivity contribution in [3.63, 3.8) is 0 Å². The first-order valence-electron chi connectivity index (χ1n) is 7.87. The number of carbonyl (C=O) groups is 2. The molecule has 2 N–H and O–H groups in total. The van der Waals surface area contributed by atoms with Crippen LogP contribution in [0.3, 0.4) is 0 Å². The van der Waals surface area contributed by atoms with Gasteiger partial charge in [-0.1, -0.05) is 13.8 Å². The summed E-state index contributed by atoms with van der Waals surface area (Å²) in [6.07, 6.45) is 3.13. The van der Waals surface area contributed by atoms with Crippen LogP contribution in [0.15, 0.2) is 0 Å². The van der Waals surface area contributed by atoms with Crippen molar-refractivity contribution in [3.8, 4) is 0 Å². The number of nitrogens with zero attached hydrogens (tertiary/aromatic N) is 1. The van der Waals surface area contributed by atoms with Gasteiger partial charge in [0.15, 0.2) is 0 Å². The summed E-state index contributed by atoms with van der Waals surface area (Å²) in [6, 6.07) is -0.131. The quantitative estimate of drug-likeness (QED) is 0.701. The van der Waals surface area contributed by atoms with Gasteiger partial charge in [-0.25, -0.2) is 4.79 Å². The molecule has 2 aliphatic heterocycles. The number of nitrogens with one attached hydrogen (secondary N) is 1. The Balaban J connectivity index is 1.69. The Kier molecular flexibility index (Phi) is 5.45. The van der Waals surface area contributed by atoms with Gasteiger partial charge < -0.3 is 20.1 Å². The third kappa shape index (κ3) is 3.87. The van der Waals surface area contributed by atoms with E-state index in [1.807, 2.05) is 0 Å². The van der Waals surface area contributed by atoms with Gasteiger partial charge in [-0.15, -0.1) is 0 Å². The maximum atomic E-state index is 12.2. The lowest BCUT2D eigenvalue weighted by Gasteiger charge is -2.23. The van der Waals surface area contributed by atoms with E-state index in [9.17, 15) is 14.7 Å². The highest BCUT2D eigenvalue weighted by atomic mass is 16.5. The molecule has 0 saturated carbocycles. The summed E-state index contributed by atoms with van der Waals surface area (Å²) < 4.78 is 5.46. The lowest BCUT2D eigenvalue weighted by molar-refractivity contribution is -0.142. The second kappa shape index (κ2) is 7.11. The van der Waals surface area contributed by atoms with Crippen LogP contribution in [0.5, 0.6) is 0 Å². The van der Waals surface area contributed by atoms with Gasteiger partial charge in [0.25, 0.3) is 0 Å². The van der Waals surface area contributed by atoms with Crippen molar-refractivity contribution in [1.29, 1.82) is 0 Å². The highest BCUT2D eigenvalue weighted by Crippen LogP contribution is 2.41. The highest BCUT2D eigenvalue weighted by molar-refractivity contribution is 5.79. The molecule has 0 aromatic heterocycles. The van der Waals surface area contributed by atoms with E-state index >= 15 is 0 Å². The summed E-state index contributed by atoms with van der Waals surface area (Å²) in [6.45, 7) is 6.16. The number of hydrogen-bond acceptors (Lipinski definition) is 3. The minimum atomic E-state index is -0.776. The maximum Gasteiger partial charge on any atom is 0.317 e. The van der Waals surface area contributed by atoms with Gasteiger partial charge in [-0.05, 0) is 31.6 Å². The number of urea groups is 1. The molecular weight excluding hydrogens is 272 g/mol. The van der Waals surface area contributed by atoms with Crippen LogP contribution in [0.1, 0.15) is 39.5 Å². The van der Waals surface area contributed by atoms with Crippen LogP contribution in [0.4, 0.5) is 4.79 Å². The van der Waals surface area contributed by atoms with Crippen molar-refractivity contribution in [2.45, 2.75) is 51.6 Å². The van der Waals surface area contributed by atoms with Crippen LogP contribution >= 0.6 is 0 Å². The van der Waals surface area contributed by atoms with Crippen molar-refractivity contribution >= 4 is 12.0 Å². The molecule has 2 saturated heterocycles. The number of carboxylic acids is 1. The summed E-state index contributed by atoms with van der Waals surface area (Å²) >= 11 is 0. The van der Waals surface area contributed by atoms with E-state index in [4.69, 9.17) is 4.74 Å². The second-order valence-corrected chi connectivity index (χ2v) is 6.44. The highest BCUT2D eigenvalue weighted by Gasteiger charge is 2.51. The van der Waals surface area contributed by atoms with Gasteiger partial charge in [-0.3, -0.25) is 4.79 Å².